The molecule has 3 atom stereocenters. The second kappa shape index (κ2) is 7.37. The Morgan fingerprint density at radius 1 is 1.25 bits per heavy atom. The molecule has 1 heterocycles. The first-order valence-corrected chi connectivity index (χ1v) is 9.28. The molecule has 4 nitrogen and oxygen atoms in total. The Morgan fingerprint density at radius 3 is 2.75 bits per heavy atom. The smallest absolute Gasteiger partial charge is 0.227 e. The Labute approximate surface area is 144 Å². The van der Waals surface area contributed by atoms with E-state index >= 15 is 0 Å². The molecule has 1 aromatic carbocycles. The summed E-state index contributed by atoms with van der Waals surface area (Å²) in [7, 11) is 0. The summed E-state index contributed by atoms with van der Waals surface area (Å²) in [5.74, 6) is 0.430. The number of carbonyl (C=O) groups is 2. The van der Waals surface area contributed by atoms with Crippen molar-refractivity contribution in [1.82, 2.24) is 5.32 Å². The molecule has 1 saturated carbocycles. The van der Waals surface area contributed by atoms with E-state index in [0.717, 1.165) is 24.1 Å². The molecule has 1 aromatic rings. The Bertz CT molecular complexity index is 613. The van der Waals surface area contributed by atoms with Gasteiger partial charge in [-0.05, 0) is 36.8 Å². The van der Waals surface area contributed by atoms with Crippen LogP contribution in [-0.4, -0.2) is 24.4 Å². The van der Waals surface area contributed by atoms with Crippen molar-refractivity contribution in [1.29, 1.82) is 0 Å². The minimum Gasteiger partial charge on any atom is -0.353 e. The summed E-state index contributed by atoms with van der Waals surface area (Å²) in [5.41, 5.74) is 2.12. The minimum absolute atomic E-state index is 0.0542. The molecule has 2 amide bonds. The SMILES string of the molecule is CCc1ccccc1N1C[C@H](C(=O)N[C@@H]2CCCC[C@H]2C)CC1=O. The van der Waals surface area contributed by atoms with Gasteiger partial charge in [0.1, 0.15) is 0 Å². The highest BCUT2D eigenvalue weighted by Crippen LogP contribution is 2.29. The molecule has 0 spiro atoms. The molecule has 0 unspecified atom stereocenters. The Morgan fingerprint density at radius 2 is 2.00 bits per heavy atom. The standard InChI is InChI=1S/C20H28N2O2/c1-3-15-9-5-7-11-18(15)22-13-16(12-19(22)23)20(24)21-17-10-6-4-8-14(17)2/h5,7,9,11,14,16-17H,3-4,6,8,10,12-13H2,1-2H3,(H,21,24)/t14-,16-,17-/m1/s1. The molecule has 2 fully saturated rings. The van der Waals surface area contributed by atoms with Crippen molar-refractivity contribution in [2.45, 2.75) is 58.4 Å². The lowest BCUT2D eigenvalue weighted by atomic mass is 9.85. The summed E-state index contributed by atoms with van der Waals surface area (Å²) in [6.45, 7) is 4.81. The zero-order valence-corrected chi connectivity index (χ0v) is 14.8. The average molecular weight is 328 g/mol. The van der Waals surface area contributed by atoms with Crippen LogP contribution in [0.3, 0.4) is 0 Å². The monoisotopic (exact) mass is 328 g/mol. The van der Waals surface area contributed by atoms with E-state index in [-0.39, 0.29) is 23.8 Å². The van der Waals surface area contributed by atoms with E-state index in [4.69, 9.17) is 0 Å². The number of carbonyl (C=O) groups excluding carboxylic acids is 2. The van der Waals surface area contributed by atoms with Gasteiger partial charge in [-0.25, -0.2) is 0 Å². The maximum absolute atomic E-state index is 12.6. The normalized spacial score (nSPS) is 27.3. The lowest BCUT2D eigenvalue weighted by Crippen LogP contribution is -2.44. The number of nitrogens with zero attached hydrogens (tertiary/aromatic N) is 1. The van der Waals surface area contributed by atoms with Gasteiger partial charge in [-0.15, -0.1) is 0 Å². The second-order valence-electron chi connectivity index (χ2n) is 7.26. The first-order chi connectivity index (χ1) is 11.6. The van der Waals surface area contributed by atoms with Crippen molar-refractivity contribution in [2.24, 2.45) is 11.8 Å². The highest BCUT2D eigenvalue weighted by Gasteiger charge is 2.37. The number of anilines is 1. The van der Waals surface area contributed by atoms with Gasteiger partial charge in [0.2, 0.25) is 11.8 Å². The maximum Gasteiger partial charge on any atom is 0.227 e. The molecule has 1 aliphatic heterocycles. The molecule has 3 rings (SSSR count). The van der Waals surface area contributed by atoms with Crippen LogP contribution >= 0.6 is 0 Å². The van der Waals surface area contributed by atoms with E-state index in [0.29, 0.717) is 18.9 Å². The summed E-state index contributed by atoms with van der Waals surface area (Å²) in [5, 5.41) is 3.21. The minimum atomic E-state index is -0.225. The summed E-state index contributed by atoms with van der Waals surface area (Å²) in [6.07, 6.45) is 5.91. The van der Waals surface area contributed by atoms with Gasteiger partial charge < -0.3 is 10.2 Å². The van der Waals surface area contributed by atoms with Crippen molar-refractivity contribution in [3.8, 4) is 0 Å². The van der Waals surface area contributed by atoms with Gasteiger partial charge in [0, 0.05) is 24.7 Å². The van der Waals surface area contributed by atoms with Crippen LogP contribution in [0.2, 0.25) is 0 Å². The molecule has 0 bridgehead atoms. The van der Waals surface area contributed by atoms with E-state index in [1.54, 1.807) is 4.90 Å². The largest absolute Gasteiger partial charge is 0.353 e. The van der Waals surface area contributed by atoms with Crippen LogP contribution in [0, 0.1) is 11.8 Å². The number of hydrogen-bond donors (Lipinski definition) is 1. The average Bonchev–Trinajstić information content (AvgIpc) is 2.98. The van der Waals surface area contributed by atoms with E-state index in [9.17, 15) is 9.59 Å². The number of aryl methyl sites for hydroxylation is 1. The van der Waals surface area contributed by atoms with Gasteiger partial charge in [-0.1, -0.05) is 44.9 Å². The number of nitrogens with one attached hydrogen (secondary N) is 1. The third kappa shape index (κ3) is 3.47. The van der Waals surface area contributed by atoms with E-state index in [1.807, 2.05) is 18.2 Å². The van der Waals surface area contributed by atoms with Gasteiger partial charge >= 0.3 is 0 Å². The molecule has 1 saturated heterocycles. The van der Waals surface area contributed by atoms with Crippen molar-refractivity contribution in [2.75, 3.05) is 11.4 Å². The summed E-state index contributed by atoms with van der Waals surface area (Å²) < 4.78 is 0. The van der Waals surface area contributed by atoms with Crippen LogP contribution < -0.4 is 10.2 Å². The van der Waals surface area contributed by atoms with Gasteiger partial charge in [0.05, 0.1) is 5.92 Å². The van der Waals surface area contributed by atoms with Gasteiger partial charge in [0.15, 0.2) is 0 Å². The molecule has 1 aliphatic carbocycles. The molecule has 1 N–H and O–H groups in total. The summed E-state index contributed by atoms with van der Waals surface area (Å²) in [6, 6.07) is 8.27. The van der Waals surface area contributed by atoms with E-state index in [1.165, 1.54) is 19.3 Å². The predicted molar refractivity (Wildman–Crippen MR) is 95.8 cm³/mol. The van der Waals surface area contributed by atoms with Gasteiger partial charge in [-0.3, -0.25) is 9.59 Å². The third-order valence-corrected chi connectivity index (χ3v) is 5.60. The van der Waals surface area contributed by atoms with Crippen LogP contribution in [-0.2, 0) is 16.0 Å². The van der Waals surface area contributed by atoms with Crippen molar-refractivity contribution < 1.29 is 9.59 Å². The van der Waals surface area contributed by atoms with Crippen LogP contribution in [0.5, 0.6) is 0 Å². The van der Waals surface area contributed by atoms with Crippen molar-refractivity contribution >= 4 is 17.5 Å². The van der Waals surface area contributed by atoms with Crippen LogP contribution in [0.25, 0.3) is 0 Å². The molecule has 130 valence electrons. The van der Waals surface area contributed by atoms with E-state index in [2.05, 4.69) is 25.2 Å². The number of para-hydroxylation sites is 1. The third-order valence-electron chi connectivity index (χ3n) is 5.60. The molecule has 0 radical (unpaired) electrons. The lowest BCUT2D eigenvalue weighted by Gasteiger charge is -2.30. The van der Waals surface area contributed by atoms with Gasteiger partial charge in [0.25, 0.3) is 0 Å². The van der Waals surface area contributed by atoms with E-state index < -0.39 is 0 Å². The fourth-order valence-electron chi connectivity index (χ4n) is 4.02. The summed E-state index contributed by atoms with van der Waals surface area (Å²) >= 11 is 0. The molecule has 0 aromatic heterocycles. The zero-order valence-electron chi connectivity index (χ0n) is 14.8. The van der Waals surface area contributed by atoms with Crippen LogP contribution in [0.4, 0.5) is 5.69 Å². The van der Waals surface area contributed by atoms with Crippen LogP contribution in [0.15, 0.2) is 24.3 Å². The molecular formula is C20H28N2O2. The lowest BCUT2D eigenvalue weighted by molar-refractivity contribution is -0.127. The number of rotatable bonds is 4. The molecule has 4 heteroatoms. The number of hydrogen-bond acceptors (Lipinski definition) is 2. The molecular weight excluding hydrogens is 300 g/mol. The topological polar surface area (TPSA) is 49.4 Å². The maximum atomic E-state index is 12.6. The first kappa shape index (κ1) is 17.0. The first-order valence-electron chi connectivity index (χ1n) is 9.28. The van der Waals surface area contributed by atoms with Gasteiger partial charge in [-0.2, -0.15) is 0 Å². The number of amides is 2. The van der Waals surface area contributed by atoms with Crippen molar-refractivity contribution in [3.05, 3.63) is 29.8 Å². The molecule has 24 heavy (non-hydrogen) atoms. The Kier molecular flexibility index (Phi) is 5.22. The second-order valence-corrected chi connectivity index (χ2v) is 7.26. The number of benzene rings is 1. The fourth-order valence-corrected chi connectivity index (χ4v) is 4.02. The van der Waals surface area contributed by atoms with Crippen LogP contribution in [0.1, 0.15) is 51.5 Å². The molecule has 2 aliphatic rings. The summed E-state index contributed by atoms with van der Waals surface area (Å²) in [4.78, 5) is 26.9. The Hall–Kier alpha value is -1.84. The van der Waals surface area contributed by atoms with Crippen molar-refractivity contribution in [3.63, 3.8) is 0 Å². The predicted octanol–water partition coefficient (Wildman–Crippen LogP) is 3.30. The highest BCUT2D eigenvalue weighted by atomic mass is 16.2. The Balaban J connectivity index is 1.67. The fraction of sp³-hybridized carbons (Fsp3) is 0.600. The highest BCUT2D eigenvalue weighted by molar-refractivity contribution is 6.00. The quantitative estimate of drug-likeness (QED) is 0.922. The zero-order chi connectivity index (χ0) is 17.1.